The van der Waals surface area contributed by atoms with Crippen LogP contribution in [0, 0.1) is 3.57 Å². The number of nitrogens with two attached hydrogens (primary N) is 1. The van der Waals surface area contributed by atoms with Gasteiger partial charge in [0.25, 0.3) is 0 Å². The zero-order valence-corrected chi connectivity index (χ0v) is 14.4. The summed E-state index contributed by atoms with van der Waals surface area (Å²) in [5.41, 5.74) is 7.50. The van der Waals surface area contributed by atoms with Crippen molar-refractivity contribution in [2.75, 3.05) is 14.1 Å². The summed E-state index contributed by atoms with van der Waals surface area (Å²) in [6.45, 7) is 4.38. The van der Waals surface area contributed by atoms with Gasteiger partial charge in [-0.15, -0.1) is 0 Å². The highest BCUT2D eigenvalue weighted by Crippen LogP contribution is 2.31. The van der Waals surface area contributed by atoms with Crippen LogP contribution in [0.5, 0.6) is 5.75 Å². The Morgan fingerprint density at radius 2 is 1.95 bits per heavy atom. The summed E-state index contributed by atoms with van der Waals surface area (Å²) in [7, 11) is -0.920. The van der Waals surface area contributed by atoms with Crippen molar-refractivity contribution in [2.45, 2.75) is 26.3 Å². The van der Waals surface area contributed by atoms with Crippen molar-refractivity contribution >= 4 is 32.9 Å². The Morgan fingerprint density at radius 1 is 1.37 bits per heavy atom. The van der Waals surface area contributed by atoms with E-state index in [1.807, 2.05) is 12.1 Å². The van der Waals surface area contributed by atoms with Gasteiger partial charge in [-0.1, -0.05) is 19.9 Å². The van der Waals surface area contributed by atoms with Crippen LogP contribution in [-0.2, 0) is 16.8 Å². The number of hydrogen-bond acceptors (Lipinski definition) is 4. The Kier molecular flexibility index (Phi) is 5.60. The topological polar surface area (TPSA) is 72.6 Å². The number of halogens is 1. The molecule has 0 amide bonds. The summed E-state index contributed by atoms with van der Waals surface area (Å²) in [6, 6.07) is 3.82. The Balaban J connectivity index is 3.29. The highest BCUT2D eigenvalue weighted by molar-refractivity contribution is 14.1. The van der Waals surface area contributed by atoms with Gasteiger partial charge in [0.1, 0.15) is 0 Å². The Morgan fingerprint density at radius 3 is 2.37 bits per heavy atom. The number of rotatable bonds is 5. The van der Waals surface area contributed by atoms with Crippen LogP contribution in [0.15, 0.2) is 12.1 Å². The molecule has 0 unspecified atom stereocenters. The average molecular weight is 398 g/mol. The van der Waals surface area contributed by atoms with Crippen LogP contribution in [0.2, 0.25) is 0 Å². The molecule has 0 spiro atoms. The van der Waals surface area contributed by atoms with Crippen molar-refractivity contribution < 1.29 is 12.6 Å². The normalized spacial score (nSPS) is 12.2. The van der Waals surface area contributed by atoms with Crippen molar-refractivity contribution in [1.82, 2.24) is 4.31 Å². The van der Waals surface area contributed by atoms with E-state index in [2.05, 4.69) is 36.4 Å². The van der Waals surface area contributed by atoms with E-state index < -0.39 is 10.3 Å². The summed E-state index contributed by atoms with van der Waals surface area (Å²) in [6.07, 6.45) is 0. The van der Waals surface area contributed by atoms with Gasteiger partial charge in [0.05, 0.1) is 3.57 Å². The molecule has 0 aromatic heterocycles. The van der Waals surface area contributed by atoms with E-state index in [-0.39, 0.29) is 6.54 Å². The molecule has 0 atom stereocenters. The predicted octanol–water partition coefficient (Wildman–Crippen LogP) is 2.06. The van der Waals surface area contributed by atoms with Crippen LogP contribution in [0.25, 0.3) is 0 Å². The Hall–Kier alpha value is -0.380. The SMILES string of the molecule is CC(C)c1cc(I)c(OS(=O)(=O)N(C)C)c(CN)c1. The van der Waals surface area contributed by atoms with Crippen molar-refractivity contribution in [3.05, 3.63) is 26.8 Å². The highest BCUT2D eigenvalue weighted by Gasteiger charge is 2.21. The lowest BCUT2D eigenvalue weighted by atomic mass is 10.0. The lowest BCUT2D eigenvalue weighted by molar-refractivity contribution is 0.418. The quantitative estimate of drug-likeness (QED) is 0.771. The molecule has 1 rings (SSSR count). The lowest BCUT2D eigenvalue weighted by Crippen LogP contribution is -2.28. The molecular formula is C12H19IN2O3S. The monoisotopic (exact) mass is 398 g/mol. The summed E-state index contributed by atoms with van der Waals surface area (Å²) in [4.78, 5) is 0. The largest absolute Gasteiger partial charge is 0.384 e. The first-order valence-electron chi connectivity index (χ1n) is 5.83. The fraction of sp³-hybridized carbons (Fsp3) is 0.500. The smallest absolute Gasteiger partial charge is 0.369 e. The van der Waals surface area contributed by atoms with Crippen molar-refractivity contribution in [3.8, 4) is 5.75 Å². The molecule has 0 saturated carbocycles. The van der Waals surface area contributed by atoms with E-state index in [0.717, 1.165) is 13.4 Å². The van der Waals surface area contributed by atoms with Gasteiger partial charge >= 0.3 is 10.3 Å². The second-order valence-electron chi connectivity index (χ2n) is 4.67. The first-order chi connectivity index (χ1) is 8.69. The van der Waals surface area contributed by atoms with Crippen LogP contribution in [0.3, 0.4) is 0 Å². The first-order valence-corrected chi connectivity index (χ1v) is 8.27. The third kappa shape index (κ3) is 4.04. The van der Waals surface area contributed by atoms with E-state index in [9.17, 15) is 8.42 Å². The lowest BCUT2D eigenvalue weighted by Gasteiger charge is -2.17. The molecule has 0 saturated heterocycles. The maximum absolute atomic E-state index is 11.8. The van der Waals surface area contributed by atoms with Gasteiger partial charge in [0.15, 0.2) is 5.75 Å². The number of benzene rings is 1. The van der Waals surface area contributed by atoms with Crippen molar-refractivity contribution in [3.63, 3.8) is 0 Å². The highest BCUT2D eigenvalue weighted by atomic mass is 127. The molecule has 0 fully saturated rings. The van der Waals surface area contributed by atoms with Crippen molar-refractivity contribution in [2.24, 2.45) is 5.73 Å². The molecule has 1 aromatic rings. The minimum Gasteiger partial charge on any atom is -0.369 e. The van der Waals surface area contributed by atoms with E-state index >= 15 is 0 Å². The van der Waals surface area contributed by atoms with Gasteiger partial charge in [-0.3, -0.25) is 0 Å². The summed E-state index contributed by atoms with van der Waals surface area (Å²) in [5, 5.41) is 0. The minimum absolute atomic E-state index is 0.231. The van der Waals surface area contributed by atoms with Crippen LogP contribution in [0.1, 0.15) is 30.9 Å². The Bertz CT molecular complexity index is 556. The molecule has 0 radical (unpaired) electrons. The summed E-state index contributed by atoms with van der Waals surface area (Å²) < 4.78 is 30.5. The van der Waals surface area contributed by atoms with E-state index in [1.54, 1.807) is 0 Å². The fourth-order valence-electron chi connectivity index (χ4n) is 1.43. The molecule has 1 aromatic carbocycles. The second-order valence-corrected chi connectivity index (χ2v) is 7.59. The first kappa shape index (κ1) is 16.7. The molecule has 0 aliphatic rings. The van der Waals surface area contributed by atoms with Gasteiger partial charge in [-0.2, -0.15) is 12.7 Å². The molecule has 0 bridgehead atoms. The Labute approximate surface area is 128 Å². The number of nitrogens with zero attached hydrogens (tertiary/aromatic N) is 1. The third-order valence-corrected chi connectivity index (χ3v) is 4.74. The molecule has 108 valence electrons. The van der Waals surface area contributed by atoms with Crippen LogP contribution >= 0.6 is 22.6 Å². The molecule has 0 aliphatic carbocycles. The zero-order chi connectivity index (χ0) is 14.8. The molecule has 5 nitrogen and oxygen atoms in total. The average Bonchev–Trinajstić information content (AvgIpc) is 2.30. The third-order valence-electron chi connectivity index (χ3n) is 2.67. The number of hydrogen-bond donors (Lipinski definition) is 1. The maximum Gasteiger partial charge on any atom is 0.384 e. The summed E-state index contributed by atoms with van der Waals surface area (Å²) in [5.74, 6) is 0.666. The zero-order valence-electron chi connectivity index (χ0n) is 11.5. The molecule has 0 heterocycles. The molecule has 19 heavy (non-hydrogen) atoms. The van der Waals surface area contributed by atoms with Crippen LogP contribution in [0.4, 0.5) is 0 Å². The standard InChI is InChI=1S/C12H19IN2O3S/c1-8(2)9-5-10(7-14)12(11(13)6-9)18-19(16,17)15(3)4/h5-6,8H,7,14H2,1-4H3. The van der Waals surface area contributed by atoms with Gasteiger partial charge in [-0.25, -0.2) is 0 Å². The molecule has 7 heteroatoms. The fourth-order valence-corrected chi connectivity index (χ4v) is 2.95. The maximum atomic E-state index is 11.8. The van der Waals surface area contributed by atoms with Crippen LogP contribution in [-0.4, -0.2) is 26.8 Å². The molecule has 0 aliphatic heterocycles. The predicted molar refractivity (Wildman–Crippen MR) is 84.4 cm³/mol. The summed E-state index contributed by atoms with van der Waals surface area (Å²) >= 11 is 2.07. The van der Waals surface area contributed by atoms with E-state index in [1.165, 1.54) is 14.1 Å². The molecule has 2 N–H and O–H groups in total. The van der Waals surface area contributed by atoms with E-state index in [4.69, 9.17) is 9.92 Å². The van der Waals surface area contributed by atoms with Crippen molar-refractivity contribution in [1.29, 1.82) is 0 Å². The van der Waals surface area contributed by atoms with E-state index in [0.29, 0.717) is 17.2 Å². The minimum atomic E-state index is -3.77. The second kappa shape index (κ2) is 6.38. The molecular weight excluding hydrogens is 379 g/mol. The van der Waals surface area contributed by atoms with Gasteiger partial charge in [0.2, 0.25) is 0 Å². The van der Waals surface area contributed by atoms with Crippen LogP contribution < -0.4 is 9.92 Å². The van der Waals surface area contributed by atoms with Gasteiger partial charge in [0, 0.05) is 26.2 Å². The van der Waals surface area contributed by atoms with Gasteiger partial charge < -0.3 is 9.92 Å². The van der Waals surface area contributed by atoms with Gasteiger partial charge in [-0.05, 0) is 40.1 Å².